The highest BCUT2D eigenvalue weighted by atomic mass is 16.5. The van der Waals surface area contributed by atoms with Crippen LogP contribution >= 0.6 is 0 Å². The number of fused-ring (bicyclic) bond motifs is 1. The molecule has 3 fully saturated rings. The number of hydrogen-bond acceptors (Lipinski definition) is 4. The van der Waals surface area contributed by atoms with E-state index in [2.05, 4.69) is 0 Å². The second-order valence-electron chi connectivity index (χ2n) is 6.70. The molecule has 0 aromatic rings. The number of carbonyl (C=O) groups is 2. The van der Waals surface area contributed by atoms with Gasteiger partial charge in [-0.2, -0.15) is 0 Å². The van der Waals surface area contributed by atoms with Crippen LogP contribution in [0.25, 0.3) is 0 Å². The maximum Gasteiger partial charge on any atom is 0.227 e. The minimum atomic E-state index is -0.775. The van der Waals surface area contributed by atoms with E-state index in [1.165, 1.54) is 0 Å². The van der Waals surface area contributed by atoms with Crippen molar-refractivity contribution in [1.82, 2.24) is 9.80 Å². The van der Waals surface area contributed by atoms with Gasteiger partial charge in [-0.3, -0.25) is 9.59 Å². The van der Waals surface area contributed by atoms with Gasteiger partial charge in [0, 0.05) is 39.2 Å². The van der Waals surface area contributed by atoms with Crippen molar-refractivity contribution in [3.05, 3.63) is 0 Å². The fraction of sp³-hybridized carbons (Fsp3) is 0.867. The van der Waals surface area contributed by atoms with Gasteiger partial charge in [0.15, 0.2) is 0 Å². The molecule has 6 nitrogen and oxygen atoms in total. The molecule has 6 heteroatoms. The van der Waals surface area contributed by atoms with E-state index in [1.54, 1.807) is 12.0 Å². The lowest BCUT2D eigenvalue weighted by Crippen LogP contribution is -2.44. The molecule has 2 atom stereocenters. The molecular weight excluding hydrogens is 272 g/mol. The monoisotopic (exact) mass is 296 g/mol. The Bertz CT molecular complexity index is 435. The number of carbonyl (C=O) groups excluding carboxylic acids is 2. The largest absolute Gasteiger partial charge is 0.389 e. The zero-order chi connectivity index (χ0) is 15.0. The molecule has 0 unspecified atom stereocenters. The van der Waals surface area contributed by atoms with Crippen LogP contribution in [-0.2, 0) is 14.3 Å². The molecule has 2 aliphatic heterocycles. The van der Waals surface area contributed by atoms with Crippen molar-refractivity contribution in [3.63, 3.8) is 0 Å². The average Bonchev–Trinajstić information content (AvgIpc) is 2.95. The molecule has 3 rings (SSSR count). The third-order valence-electron chi connectivity index (χ3n) is 5.21. The Morgan fingerprint density at radius 1 is 1.38 bits per heavy atom. The van der Waals surface area contributed by atoms with Gasteiger partial charge in [-0.15, -0.1) is 0 Å². The predicted molar refractivity (Wildman–Crippen MR) is 75.4 cm³/mol. The molecule has 0 bridgehead atoms. The van der Waals surface area contributed by atoms with Crippen molar-refractivity contribution in [3.8, 4) is 0 Å². The van der Waals surface area contributed by atoms with Crippen molar-refractivity contribution >= 4 is 11.8 Å². The van der Waals surface area contributed by atoms with E-state index in [-0.39, 0.29) is 30.1 Å². The van der Waals surface area contributed by atoms with Gasteiger partial charge >= 0.3 is 0 Å². The summed E-state index contributed by atoms with van der Waals surface area (Å²) in [5.41, 5.74) is -0.775. The first-order valence-corrected chi connectivity index (χ1v) is 7.80. The molecular formula is C15H24N2O4. The van der Waals surface area contributed by atoms with Gasteiger partial charge in [0.1, 0.15) is 0 Å². The van der Waals surface area contributed by atoms with Gasteiger partial charge in [0.05, 0.1) is 24.5 Å². The number of likely N-dealkylation sites (tertiary alicyclic amines) is 2. The third-order valence-corrected chi connectivity index (χ3v) is 5.21. The van der Waals surface area contributed by atoms with Crippen LogP contribution in [0.5, 0.6) is 0 Å². The topological polar surface area (TPSA) is 70.1 Å². The van der Waals surface area contributed by atoms with Gasteiger partial charge < -0.3 is 19.6 Å². The quantitative estimate of drug-likeness (QED) is 0.766. The summed E-state index contributed by atoms with van der Waals surface area (Å²) in [5.74, 6) is 0.341. The maximum atomic E-state index is 12.3. The van der Waals surface area contributed by atoms with Crippen LogP contribution in [0.2, 0.25) is 0 Å². The third kappa shape index (κ3) is 2.79. The van der Waals surface area contributed by atoms with Crippen LogP contribution in [0.15, 0.2) is 0 Å². The summed E-state index contributed by atoms with van der Waals surface area (Å²) >= 11 is 0. The van der Waals surface area contributed by atoms with Gasteiger partial charge in [0.25, 0.3) is 0 Å². The second kappa shape index (κ2) is 5.57. The van der Waals surface area contributed by atoms with Crippen molar-refractivity contribution < 1.29 is 19.4 Å². The summed E-state index contributed by atoms with van der Waals surface area (Å²) in [6, 6.07) is 0. The van der Waals surface area contributed by atoms with Gasteiger partial charge in [-0.1, -0.05) is 0 Å². The first kappa shape index (κ1) is 14.8. The van der Waals surface area contributed by atoms with E-state index in [9.17, 15) is 14.7 Å². The molecule has 0 radical (unpaired) electrons. The number of amides is 2. The summed E-state index contributed by atoms with van der Waals surface area (Å²) in [5, 5.41) is 10.1. The zero-order valence-corrected chi connectivity index (χ0v) is 12.6. The maximum absolute atomic E-state index is 12.3. The van der Waals surface area contributed by atoms with Crippen LogP contribution < -0.4 is 0 Å². The van der Waals surface area contributed by atoms with Crippen molar-refractivity contribution in [2.45, 2.75) is 31.3 Å². The lowest BCUT2D eigenvalue weighted by atomic mass is 9.77. The van der Waals surface area contributed by atoms with E-state index < -0.39 is 5.60 Å². The van der Waals surface area contributed by atoms with E-state index >= 15 is 0 Å². The molecule has 2 amide bonds. The van der Waals surface area contributed by atoms with E-state index in [4.69, 9.17) is 4.74 Å². The molecule has 2 heterocycles. The first-order chi connectivity index (χ1) is 10.0. The minimum Gasteiger partial charge on any atom is -0.389 e. The van der Waals surface area contributed by atoms with Gasteiger partial charge in [0.2, 0.25) is 11.8 Å². The zero-order valence-electron chi connectivity index (χ0n) is 12.6. The Kier molecular flexibility index (Phi) is 3.92. The highest BCUT2D eigenvalue weighted by Gasteiger charge is 2.48. The molecule has 0 aromatic heterocycles. The smallest absolute Gasteiger partial charge is 0.227 e. The number of nitrogens with zero attached hydrogens (tertiary/aromatic N) is 2. The van der Waals surface area contributed by atoms with E-state index in [1.807, 2.05) is 4.90 Å². The standard InChI is InChI=1S/C15H24N2O4/c1-21-6-5-16-8-11-9-17(10-12(11)14(16)19)13(18)7-15(20)3-2-4-15/h11-12,20H,2-10H2,1H3/t11-,12+/m1/s1. The van der Waals surface area contributed by atoms with Crippen LogP contribution in [0.3, 0.4) is 0 Å². The van der Waals surface area contributed by atoms with Gasteiger partial charge in [-0.25, -0.2) is 0 Å². The fourth-order valence-corrected chi connectivity index (χ4v) is 3.71. The molecule has 1 N–H and O–H groups in total. The SMILES string of the molecule is COCCN1C[C@@H]2CN(C(=O)CC3(O)CCC3)C[C@@H]2C1=O. The lowest BCUT2D eigenvalue weighted by molar-refractivity contribution is -0.140. The second-order valence-corrected chi connectivity index (χ2v) is 6.70. The van der Waals surface area contributed by atoms with Crippen molar-refractivity contribution in [2.24, 2.45) is 11.8 Å². The summed E-state index contributed by atoms with van der Waals surface area (Å²) in [6.45, 7) is 3.08. The summed E-state index contributed by atoms with van der Waals surface area (Å²) < 4.78 is 5.02. The molecule has 0 spiro atoms. The molecule has 2 saturated heterocycles. The first-order valence-electron chi connectivity index (χ1n) is 7.80. The summed E-state index contributed by atoms with van der Waals surface area (Å²) in [7, 11) is 1.63. The molecule has 1 saturated carbocycles. The summed E-state index contributed by atoms with van der Waals surface area (Å²) in [4.78, 5) is 28.2. The highest BCUT2D eigenvalue weighted by Crippen LogP contribution is 2.37. The van der Waals surface area contributed by atoms with E-state index in [0.717, 1.165) is 25.8 Å². The number of rotatable bonds is 5. The Balaban J connectivity index is 1.53. The lowest BCUT2D eigenvalue weighted by Gasteiger charge is -2.37. The summed E-state index contributed by atoms with van der Waals surface area (Å²) in [6.07, 6.45) is 2.67. The van der Waals surface area contributed by atoms with Crippen LogP contribution in [0, 0.1) is 11.8 Å². The fourth-order valence-electron chi connectivity index (χ4n) is 3.71. The molecule has 1 aliphatic carbocycles. The van der Waals surface area contributed by atoms with Gasteiger partial charge in [-0.05, 0) is 19.3 Å². The average molecular weight is 296 g/mol. The highest BCUT2D eigenvalue weighted by molar-refractivity contribution is 5.84. The molecule has 118 valence electrons. The molecule has 3 aliphatic rings. The van der Waals surface area contributed by atoms with E-state index in [0.29, 0.717) is 26.2 Å². The number of methoxy groups -OCH3 is 1. The van der Waals surface area contributed by atoms with Crippen LogP contribution in [0.1, 0.15) is 25.7 Å². The predicted octanol–water partition coefficient (Wildman–Crippen LogP) is -0.145. The molecule has 21 heavy (non-hydrogen) atoms. The Labute approximate surface area is 125 Å². The minimum absolute atomic E-state index is 0.00263. The Hall–Kier alpha value is -1.14. The van der Waals surface area contributed by atoms with Crippen LogP contribution in [0.4, 0.5) is 0 Å². The molecule has 0 aromatic carbocycles. The Morgan fingerprint density at radius 2 is 2.14 bits per heavy atom. The number of hydrogen-bond donors (Lipinski definition) is 1. The number of ether oxygens (including phenoxy) is 1. The normalized spacial score (nSPS) is 30.5. The Morgan fingerprint density at radius 3 is 2.71 bits per heavy atom. The number of aliphatic hydroxyl groups is 1. The van der Waals surface area contributed by atoms with Crippen LogP contribution in [-0.4, -0.2) is 72.2 Å². The van der Waals surface area contributed by atoms with Crippen molar-refractivity contribution in [1.29, 1.82) is 0 Å². The van der Waals surface area contributed by atoms with Crippen molar-refractivity contribution in [2.75, 3.05) is 39.9 Å².